The number of carbonyl (C=O) groups is 2. The molecule has 2 N–H and O–H groups in total. The summed E-state index contributed by atoms with van der Waals surface area (Å²) in [7, 11) is 1.56. The van der Waals surface area contributed by atoms with E-state index in [-0.39, 0.29) is 11.8 Å². The Kier molecular flexibility index (Phi) is 4.44. The highest BCUT2D eigenvalue weighted by atomic mass is 35.5. The second-order valence-electron chi connectivity index (χ2n) is 6.84. The summed E-state index contributed by atoms with van der Waals surface area (Å²) < 4.78 is 5.30. The van der Waals surface area contributed by atoms with Crippen molar-refractivity contribution in [1.29, 1.82) is 0 Å². The minimum Gasteiger partial charge on any atom is -0.496 e. The standard InChI is InChI=1S/C20H20ClN3O3/c1-27-17-5-3-2-4-15(17)19(26)24-10-8-20(9-11-24)22-16-12-13(21)6-7-14(16)18(25)23-20/h2-7,12,22H,8-11H2,1H3,(H,23,25). The predicted molar refractivity (Wildman–Crippen MR) is 103 cm³/mol. The quantitative estimate of drug-likeness (QED) is 0.833. The molecule has 140 valence electrons. The van der Waals surface area contributed by atoms with Crippen LogP contribution in [0.1, 0.15) is 33.6 Å². The summed E-state index contributed by atoms with van der Waals surface area (Å²) in [6.07, 6.45) is 1.21. The second kappa shape index (κ2) is 6.78. The van der Waals surface area contributed by atoms with Crippen LogP contribution in [0.3, 0.4) is 0 Å². The maximum atomic E-state index is 12.9. The van der Waals surface area contributed by atoms with Gasteiger partial charge in [0, 0.05) is 31.0 Å². The number of hydrogen-bond donors (Lipinski definition) is 2. The molecule has 2 aromatic carbocycles. The van der Waals surface area contributed by atoms with Gasteiger partial charge in [0.05, 0.1) is 23.9 Å². The molecule has 1 saturated heterocycles. The van der Waals surface area contributed by atoms with Gasteiger partial charge >= 0.3 is 0 Å². The molecule has 2 aromatic rings. The minimum atomic E-state index is -0.563. The molecular weight excluding hydrogens is 366 g/mol. The number of amides is 2. The van der Waals surface area contributed by atoms with Gasteiger partial charge in [-0.05, 0) is 30.3 Å². The Morgan fingerprint density at radius 2 is 1.89 bits per heavy atom. The van der Waals surface area contributed by atoms with Gasteiger partial charge in [-0.1, -0.05) is 23.7 Å². The van der Waals surface area contributed by atoms with Crippen LogP contribution >= 0.6 is 11.6 Å². The average Bonchev–Trinajstić information content (AvgIpc) is 2.67. The van der Waals surface area contributed by atoms with Crippen LogP contribution in [0.2, 0.25) is 5.02 Å². The zero-order valence-electron chi connectivity index (χ0n) is 14.9. The number of nitrogens with zero attached hydrogens (tertiary/aromatic N) is 1. The number of nitrogens with one attached hydrogen (secondary N) is 2. The van der Waals surface area contributed by atoms with Gasteiger partial charge < -0.3 is 20.3 Å². The fourth-order valence-electron chi connectivity index (χ4n) is 3.72. The molecule has 0 bridgehead atoms. The van der Waals surface area contributed by atoms with E-state index in [2.05, 4.69) is 10.6 Å². The third kappa shape index (κ3) is 3.21. The number of rotatable bonds is 2. The number of anilines is 1. The van der Waals surface area contributed by atoms with Crippen molar-refractivity contribution in [3.05, 3.63) is 58.6 Å². The van der Waals surface area contributed by atoms with Crippen molar-refractivity contribution in [2.24, 2.45) is 0 Å². The van der Waals surface area contributed by atoms with Crippen molar-refractivity contribution >= 4 is 29.1 Å². The molecule has 1 spiro atoms. The summed E-state index contributed by atoms with van der Waals surface area (Å²) >= 11 is 6.08. The lowest BCUT2D eigenvalue weighted by Gasteiger charge is -2.46. The van der Waals surface area contributed by atoms with Crippen molar-refractivity contribution in [1.82, 2.24) is 10.2 Å². The maximum absolute atomic E-state index is 12.9. The lowest BCUT2D eigenvalue weighted by molar-refractivity contribution is 0.0637. The number of ether oxygens (including phenoxy) is 1. The summed E-state index contributed by atoms with van der Waals surface area (Å²) in [6, 6.07) is 12.4. The van der Waals surface area contributed by atoms with E-state index in [0.29, 0.717) is 47.8 Å². The summed E-state index contributed by atoms with van der Waals surface area (Å²) in [5.41, 5.74) is 1.30. The van der Waals surface area contributed by atoms with Gasteiger partial charge in [-0.3, -0.25) is 9.59 Å². The zero-order valence-corrected chi connectivity index (χ0v) is 15.7. The smallest absolute Gasteiger partial charge is 0.257 e. The highest BCUT2D eigenvalue weighted by Gasteiger charge is 2.41. The molecule has 2 aliphatic rings. The third-order valence-electron chi connectivity index (χ3n) is 5.19. The number of hydrogen-bond acceptors (Lipinski definition) is 4. The van der Waals surface area contributed by atoms with Gasteiger partial charge in [0.2, 0.25) is 0 Å². The van der Waals surface area contributed by atoms with Crippen LogP contribution in [-0.4, -0.2) is 42.6 Å². The Hall–Kier alpha value is -2.73. The fraction of sp³-hybridized carbons (Fsp3) is 0.300. The highest BCUT2D eigenvalue weighted by molar-refractivity contribution is 6.31. The Balaban J connectivity index is 1.51. The number of fused-ring (bicyclic) bond motifs is 1. The number of carbonyl (C=O) groups excluding carboxylic acids is 2. The van der Waals surface area contributed by atoms with Crippen molar-refractivity contribution in [2.45, 2.75) is 18.5 Å². The molecule has 6 nitrogen and oxygen atoms in total. The van der Waals surface area contributed by atoms with Crippen LogP contribution < -0.4 is 15.4 Å². The van der Waals surface area contributed by atoms with E-state index in [1.165, 1.54) is 0 Å². The molecule has 0 unspecified atom stereocenters. The van der Waals surface area contributed by atoms with Crippen LogP contribution in [0.5, 0.6) is 5.75 Å². The van der Waals surface area contributed by atoms with Gasteiger partial charge in [-0.2, -0.15) is 0 Å². The van der Waals surface area contributed by atoms with Gasteiger partial charge in [-0.15, -0.1) is 0 Å². The summed E-state index contributed by atoms with van der Waals surface area (Å²) in [6.45, 7) is 1.06. The number of halogens is 1. The molecule has 0 aromatic heterocycles. The lowest BCUT2D eigenvalue weighted by atomic mass is 9.92. The molecule has 27 heavy (non-hydrogen) atoms. The molecule has 4 rings (SSSR count). The lowest BCUT2D eigenvalue weighted by Crippen LogP contribution is -2.62. The van der Waals surface area contributed by atoms with Gasteiger partial charge in [0.25, 0.3) is 11.8 Å². The van der Waals surface area contributed by atoms with Crippen molar-refractivity contribution in [3.8, 4) is 5.75 Å². The Bertz CT molecular complexity index is 907. The average molecular weight is 386 g/mol. The van der Waals surface area contributed by atoms with E-state index in [4.69, 9.17) is 16.3 Å². The molecule has 0 radical (unpaired) electrons. The summed E-state index contributed by atoms with van der Waals surface area (Å²) in [4.78, 5) is 27.2. The minimum absolute atomic E-state index is 0.0621. The second-order valence-corrected chi connectivity index (χ2v) is 7.28. The van der Waals surface area contributed by atoms with Crippen molar-refractivity contribution in [3.63, 3.8) is 0 Å². The molecule has 2 amide bonds. The number of benzene rings is 2. The van der Waals surface area contributed by atoms with Crippen molar-refractivity contribution in [2.75, 3.05) is 25.5 Å². The van der Waals surface area contributed by atoms with E-state index in [1.54, 1.807) is 42.3 Å². The number of piperidine rings is 1. The summed E-state index contributed by atoms with van der Waals surface area (Å²) in [5.74, 6) is 0.383. The summed E-state index contributed by atoms with van der Waals surface area (Å²) in [5, 5.41) is 7.08. The van der Waals surface area contributed by atoms with E-state index in [1.807, 2.05) is 12.1 Å². The van der Waals surface area contributed by atoms with Crippen molar-refractivity contribution < 1.29 is 14.3 Å². The first-order valence-electron chi connectivity index (χ1n) is 8.84. The van der Waals surface area contributed by atoms with Crippen LogP contribution in [0.25, 0.3) is 0 Å². The highest BCUT2D eigenvalue weighted by Crippen LogP contribution is 2.33. The van der Waals surface area contributed by atoms with E-state index in [0.717, 1.165) is 5.69 Å². The molecule has 0 aliphatic carbocycles. The van der Waals surface area contributed by atoms with Crippen LogP contribution in [-0.2, 0) is 0 Å². The van der Waals surface area contributed by atoms with Gasteiger partial charge in [0.15, 0.2) is 0 Å². The number of methoxy groups -OCH3 is 1. The molecule has 0 atom stereocenters. The maximum Gasteiger partial charge on any atom is 0.257 e. The normalized spacial score (nSPS) is 17.7. The molecule has 1 fully saturated rings. The van der Waals surface area contributed by atoms with E-state index >= 15 is 0 Å². The topological polar surface area (TPSA) is 70.7 Å². The molecule has 0 saturated carbocycles. The molecular formula is C20H20ClN3O3. The number of likely N-dealkylation sites (tertiary alicyclic amines) is 1. The Morgan fingerprint density at radius 1 is 1.15 bits per heavy atom. The SMILES string of the molecule is COc1ccccc1C(=O)N1CCC2(CC1)NC(=O)c1ccc(Cl)cc1N2. The van der Waals surface area contributed by atoms with Gasteiger partial charge in [0.1, 0.15) is 11.4 Å². The largest absolute Gasteiger partial charge is 0.496 e. The molecule has 2 aliphatic heterocycles. The Morgan fingerprint density at radius 3 is 2.63 bits per heavy atom. The third-order valence-corrected chi connectivity index (χ3v) is 5.43. The predicted octanol–water partition coefficient (Wildman–Crippen LogP) is 3.14. The first-order chi connectivity index (χ1) is 13.0. The van der Waals surface area contributed by atoms with Crippen LogP contribution in [0.4, 0.5) is 5.69 Å². The first-order valence-corrected chi connectivity index (χ1v) is 9.22. The zero-order chi connectivity index (χ0) is 19.0. The first kappa shape index (κ1) is 17.7. The van der Waals surface area contributed by atoms with E-state index < -0.39 is 5.66 Å². The monoisotopic (exact) mass is 385 g/mol. The molecule has 2 heterocycles. The van der Waals surface area contributed by atoms with Crippen LogP contribution in [0.15, 0.2) is 42.5 Å². The van der Waals surface area contributed by atoms with Gasteiger partial charge in [-0.25, -0.2) is 0 Å². The van der Waals surface area contributed by atoms with E-state index in [9.17, 15) is 9.59 Å². The molecule has 7 heteroatoms. The number of para-hydroxylation sites is 1. The van der Waals surface area contributed by atoms with Crippen LogP contribution in [0, 0.1) is 0 Å². The Labute approximate surface area is 162 Å². The fourth-order valence-corrected chi connectivity index (χ4v) is 3.90.